The third-order valence-electron chi connectivity index (χ3n) is 4.26. The molecule has 2 N–H and O–H groups in total. The fraction of sp³-hybridized carbons (Fsp3) is 0.211. The van der Waals surface area contributed by atoms with Crippen LogP contribution < -0.4 is 15.8 Å². The normalized spacial score (nSPS) is 16.2. The fourth-order valence-electron chi connectivity index (χ4n) is 2.89. The molecule has 1 fully saturated rings. The highest BCUT2D eigenvalue weighted by molar-refractivity contribution is 6.00. The van der Waals surface area contributed by atoms with Gasteiger partial charge < -0.3 is 4.90 Å². The Hall–Kier alpha value is -3.36. The van der Waals surface area contributed by atoms with E-state index in [2.05, 4.69) is 10.9 Å². The Labute approximate surface area is 158 Å². The molecule has 1 unspecified atom stereocenters. The highest BCUT2D eigenvalue weighted by Gasteiger charge is 2.35. The molecule has 1 aliphatic rings. The van der Waals surface area contributed by atoms with Crippen molar-refractivity contribution in [2.75, 3.05) is 11.4 Å². The van der Waals surface area contributed by atoms with Crippen molar-refractivity contribution >= 4 is 23.4 Å². The lowest BCUT2D eigenvalue weighted by atomic mass is 10.1. The van der Waals surface area contributed by atoms with Crippen molar-refractivity contribution in [2.24, 2.45) is 5.92 Å². The van der Waals surface area contributed by atoms with E-state index in [0.29, 0.717) is 11.6 Å². The standard InChI is InChI=1S/C19H16F3N3O3/c20-13-3-1-11(2-4-13)5-17(26)23-24-19(28)12-6-18(27)25(10-12)16-8-14(21)7-15(22)9-16/h1-4,7-9,12H,5-6,10H2,(H,23,26)(H,24,28). The minimum atomic E-state index is -0.830. The smallest absolute Gasteiger partial charge is 0.243 e. The van der Waals surface area contributed by atoms with Gasteiger partial charge >= 0.3 is 0 Å². The first-order valence-corrected chi connectivity index (χ1v) is 8.41. The van der Waals surface area contributed by atoms with Gasteiger partial charge in [0.1, 0.15) is 17.5 Å². The molecule has 0 spiro atoms. The van der Waals surface area contributed by atoms with Crippen LogP contribution in [0.1, 0.15) is 12.0 Å². The first-order chi connectivity index (χ1) is 13.3. The molecule has 0 aliphatic carbocycles. The van der Waals surface area contributed by atoms with Crippen molar-refractivity contribution in [2.45, 2.75) is 12.8 Å². The van der Waals surface area contributed by atoms with Gasteiger partial charge in [-0.3, -0.25) is 25.2 Å². The van der Waals surface area contributed by atoms with Crippen LogP contribution in [0.5, 0.6) is 0 Å². The molecule has 6 nitrogen and oxygen atoms in total. The van der Waals surface area contributed by atoms with E-state index < -0.39 is 41.1 Å². The van der Waals surface area contributed by atoms with Crippen LogP contribution in [0.25, 0.3) is 0 Å². The Balaban J connectivity index is 1.54. The number of amides is 3. The zero-order chi connectivity index (χ0) is 20.3. The molecule has 28 heavy (non-hydrogen) atoms. The van der Waals surface area contributed by atoms with E-state index in [1.807, 2.05) is 0 Å². The van der Waals surface area contributed by atoms with Crippen LogP contribution in [0, 0.1) is 23.4 Å². The number of nitrogens with one attached hydrogen (secondary N) is 2. The lowest BCUT2D eigenvalue weighted by Crippen LogP contribution is -2.45. The number of benzene rings is 2. The topological polar surface area (TPSA) is 78.5 Å². The summed E-state index contributed by atoms with van der Waals surface area (Å²) in [4.78, 5) is 37.3. The molecule has 3 rings (SSSR count). The first-order valence-electron chi connectivity index (χ1n) is 8.41. The molecule has 1 aliphatic heterocycles. The van der Waals surface area contributed by atoms with Crippen molar-refractivity contribution in [3.8, 4) is 0 Å². The summed E-state index contributed by atoms with van der Waals surface area (Å²) in [6.07, 6.45) is -0.226. The van der Waals surface area contributed by atoms with Crippen molar-refractivity contribution < 1.29 is 27.6 Å². The molecule has 146 valence electrons. The maximum absolute atomic E-state index is 13.3. The number of rotatable bonds is 4. The molecule has 2 aromatic rings. The van der Waals surface area contributed by atoms with Crippen LogP contribution in [0.15, 0.2) is 42.5 Å². The van der Waals surface area contributed by atoms with Crippen LogP contribution in [-0.2, 0) is 20.8 Å². The summed E-state index contributed by atoms with van der Waals surface area (Å²) in [6, 6.07) is 8.03. The molecular formula is C19H16F3N3O3. The van der Waals surface area contributed by atoms with E-state index in [0.717, 1.165) is 17.0 Å². The predicted octanol–water partition coefficient (Wildman–Crippen LogP) is 1.85. The highest BCUT2D eigenvalue weighted by atomic mass is 19.1. The van der Waals surface area contributed by atoms with Crippen LogP contribution in [-0.4, -0.2) is 24.3 Å². The molecule has 9 heteroatoms. The molecule has 0 radical (unpaired) electrons. The number of hydrogen-bond acceptors (Lipinski definition) is 3. The number of anilines is 1. The minimum Gasteiger partial charge on any atom is -0.311 e. The third-order valence-corrected chi connectivity index (χ3v) is 4.26. The quantitative estimate of drug-likeness (QED) is 0.781. The molecule has 3 amide bonds. The number of carbonyl (C=O) groups excluding carboxylic acids is 3. The number of halogens is 3. The summed E-state index contributed by atoms with van der Waals surface area (Å²) in [6.45, 7) is -0.0681. The fourth-order valence-corrected chi connectivity index (χ4v) is 2.89. The summed E-state index contributed by atoms with van der Waals surface area (Å²) in [7, 11) is 0. The monoisotopic (exact) mass is 391 g/mol. The summed E-state index contributed by atoms with van der Waals surface area (Å²) in [5.41, 5.74) is 5.04. The van der Waals surface area contributed by atoms with E-state index in [-0.39, 0.29) is 25.1 Å². The van der Waals surface area contributed by atoms with Gasteiger partial charge in [-0.2, -0.15) is 0 Å². The molecule has 0 aromatic heterocycles. The van der Waals surface area contributed by atoms with Gasteiger partial charge in [-0.25, -0.2) is 13.2 Å². The number of hydrazine groups is 1. The second-order valence-electron chi connectivity index (χ2n) is 6.37. The minimum absolute atomic E-state index is 0.0261. The van der Waals surface area contributed by atoms with E-state index in [1.54, 1.807) is 0 Å². The Morgan fingerprint density at radius 3 is 2.25 bits per heavy atom. The largest absolute Gasteiger partial charge is 0.311 e. The van der Waals surface area contributed by atoms with Crippen LogP contribution in [0.3, 0.4) is 0 Å². The molecule has 2 aromatic carbocycles. The van der Waals surface area contributed by atoms with Gasteiger partial charge in [-0.05, 0) is 29.8 Å². The van der Waals surface area contributed by atoms with E-state index in [9.17, 15) is 27.6 Å². The molecular weight excluding hydrogens is 375 g/mol. The summed E-state index contributed by atoms with van der Waals surface area (Å²) in [5.74, 6) is -4.44. The molecule has 0 saturated carbocycles. The van der Waals surface area contributed by atoms with Gasteiger partial charge in [0, 0.05) is 24.7 Å². The molecule has 1 atom stereocenters. The second-order valence-corrected chi connectivity index (χ2v) is 6.37. The molecule has 0 bridgehead atoms. The van der Waals surface area contributed by atoms with Gasteiger partial charge in [0.15, 0.2) is 0 Å². The Kier molecular flexibility index (Phi) is 5.62. The average molecular weight is 391 g/mol. The molecule has 1 heterocycles. The lowest BCUT2D eigenvalue weighted by molar-refractivity contribution is -0.131. The van der Waals surface area contributed by atoms with Crippen molar-refractivity contribution in [3.05, 3.63) is 65.5 Å². The lowest BCUT2D eigenvalue weighted by Gasteiger charge is -2.17. The number of hydrogen-bond donors (Lipinski definition) is 2. The summed E-state index contributed by atoms with van der Waals surface area (Å²) < 4.78 is 39.5. The van der Waals surface area contributed by atoms with Gasteiger partial charge in [-0.1, -0.05) is 12.1 Å². The van der Waals surface area contributed by atoms with Crippen LogP contribution in [0.2, 0.25) is 0 Å². The number of nitrogens with zero attached hydrogens (tertiary/aromatic N) is 1. The Morgan fingerprint density at radius 1 is 0.964 bits per heavy atom. The predicted molar refractivity (Wildman–Crippen MR) is 93.2 cm³/mol. The zero-order valence-electron chi connectivity index (χ0n) is 14.5. The van der Waals surface area contributed by atoms with Gasteiger partial charge in [0.25, 0.3) is 0 Å². The van der Waals surface area contributed by atoms with Crippen LogP contribution in [0.4, 0.5) is 18.9 Å². The highest BCUT2D eigenvalue weighted by Crippen LogP contribution is 2.26. The van der Waals surface area contributed by atoms with Crippen molar-refractivity contribution in [1.29, 1.82) is 0 Å². The first kappa shape index (κ1) is 19.4. The van der Waals surface area contributed by atoms with Gasteiger partial charge in [0.05, 0.1) is 12.3 Å². The SMILES string of the molecule is O=C(Cc1ccc(F)cc1)NNC(=O)C1CC(=O)N(c2cc(F)cc(F)c2)C1. The Morgan fingerprint density at radius 2 is 1.61 bits per heavy atom. The van der Waals surface area contributed by atoms with E-state index >= 15 is 0 Å². The van der Waals surface area contributed by atoms with Gasteiger partial charge in [0.2, 0.25) is 17.7 Å². The van der Waals surface area contributed by atoms with E-state index in [4.69, 9.17) is 0 Å². The zero-order valence-corrected chi connectivity index (χ0v) is 14.5. The third kappa shape index (κ3) is 4.67. The molecule has 1 saturated heterocycles. The van der Waals surface area contributed by atoms with Crippen molar-refractivity contribution in [1.82, 2.24) is 10.9 Å². The van der Waals surface area contributed by atoms with E-state index in [1.165, 1.54) is 24.3 Å². The average Bonchev–Trinajstić information content (AvgIpc) is 3.03. The summed E-state index contributed by atoms with van der Waals surface area (Å²) in [5, 5.41) is 0. The maximum atomic E-state index is 13.3. The van der Waals surface area contributed by atoms with Crippen molar-refractivity contribution in [3.63, 3.8) is 0 Å². The van der Waals surface area contributed by atoms with Crippen LogP contribution >= 0.6 is 0 Å². The maximum Gasteiger partial charge on any atom is 0.243 e. The summed E-state index contributed by atoms with van der Waals surface area (Å²) >= 11 is 0. The Bertz CT molecular complexity index is 898. The number of carbonyl (C=O) groups is 3. The second kappa shape index (κ2) is 8.12. The van der Waals surface area contributed by atoms with Gasteiger partial charge in [-0.15, -0.1) is 0 Å².